The molecule has 3 aromatic rings. The third-order valence-corrected chi connectivity index (χ3v) is 4.91. The molecule has 0 radical (unpaired) electrons. The largest absolute Gasteiger partial charge is 0.370 e. The van der Waals surface area contributed by atoms with E-state index in [1.54, 1.807) is 0 Å². The van der Waals surface area contributed by atoms with Crippen LogP contribution in [-0.4, -0.2) is 16.3 Å². The number of benzene rings is 2. The number of hydrogen-bond donors (Lipinski definition) is 1. The average Bonchev–Trinajstić information content (AvgIpc) is 2.76. The van der Waals surface area contributed by atoms with Crippen molar-refractivity contribution in [1.82, 2.24) is 9.78 Å². The summed E-state index contributed by atoms with van der Waals surface area (Å²) in [5.74, 6) is 1.11. The van der Waals surface area contributed by atoms with E-state index in [1.807, 2.05) is 22.9 Å². The van der Waals surface area contributed by atoms with E-state index in [9.17, 15) is 0 Å². The van der Waals surface area contributed by atoms with E-state index in [-0.39, 0.29) is 0 Å². The van der Waals surface area contributed by atoms with Crippen molar-refractivity contribution in [2.24, 2.45) is 0 Å². The summed E-state index contributed by atoms with van der Waals surface area (Å²) >= 11 is 6.21. The van der Waals surface area contributed by atoms with E-state index in [4.69, 9.17) is 16.7 Å². The van der Waals surface area contributed by atoms with Crippen LogP contribution >= 0.6 is 11.6 Å². The quantitative estimate of drug-likeness (QED) is 0.655. The molecule has 0 fully saturated rings. The first-order chi connectivity index (χ1) is 12.1. The van der Waals surface area contributed by atoms with Gasteiger partial charge in [0.15, 0.2) is 0 Å². The summed E-state index contributed by atoms with van der Waals surface area (Å²) < 4.78 is 2.01. The molecule has 1 N–H and O–H groups in total. The molecule has 4 rings (SSSR count). The maximum Gasteiger partial charge on any atom is 0.133 e. The number of aryl methyl sites for hydroxylation is 2. The molecule has 0 atom stereocenters. The molecule has 0 unspecified atom stereocenters. The standard InChI is InChI=1S/C21H22ClN3/c1-14-10-15(2)12-16(11-14)20-19-8-3-4-9-23-21(19)25(24-20)18-7-5-6-17(22)13-18/h5-7,10-13,23H,3-4,8-9H2,1-2H3. The van der Waals surface area contributed by atoms with Crippen molar-refractivity contribution >= 4 is 17.4 Å². The van der Waals surface area contributed by atoms with Gasteiger partial charge in [0.2, 0.25) is 0 Å². The van der Waals surface area contributed by atoms with Crippen LogP contribution in [0, 0.1) is 13.8 Å². The van der Waals surface area contributed by atoms with Gasteiger partial charge >= 0.3 is 0 Å². The molecule has 1 aliphatic rings. The second kappa shape index (κ2) is 6.57. The third kappa shape index (κ3) is 3.16. The zero-order valence-corrected chi connectivity index (χ0v) is 15.4. The van der Waals surface area contributed by atoms with E-state index in [2.05, 4.69) is 43.4 Å². The molecule has 0 amide bonds. The van der Waals surface area contributed by atoms with Crippen molar-refractivity contribution in [1.29, 1.82) is 0 Å². The van der Waals surface area contributed by atoms with Crippen molar-refractivity contribution in [2.75, 3.05) is 11.9 Å². The number of halogens is 1. The Hall–Kier alpha value is -2.26. The van der Waals surface area contributed by atoms with Gasteiger partial charge in [-0.1, -0.05) is 34.9 Å². The van der Waals surface area contributed by atoms with Gasteiger partial charge in [-0.25, -0.2) is 4.68 Å². The van der Waals surface area contributed by atoms with Gasteiger partial charge < -0.3 is 5.32 Å². The zero-order valence-electron chi connectivity index (χ0n) is 14.6. The molecule has 0 spiro atoms. The predicted molar refractivity (Wildman–Crippen MR) is 105 cm³/mol. The molecule has 2 aromatic carbocycles. The number of hydrogen-bond acceptors (Lipinski definition) is 2. The third-order valence-electron chi connectivity index (χ3n) is 4.68. The fourth-order valence-corrected chi connectivity index (χ4v) is 3.82. The molecule has 4 heteroatoms. The van der Waals surface area contributed by atoms with Crippen LogP contribution in [0.2, 0.25) is 5.02 Å². The summed E-state index contributed by atoms with van der Waals surface area (Å²) in [4.78, 5) is 0. The van der Waals surface area contributed by atoms with Crippen LogP contribution in [0.4, 0.5) is 5.82 Å². The van der Waals surface area contributed by atoms with Crippen molar-refractivity contribution in [3.05, 3.63) is 64.2 Å². The summed E-state index contributed by atoms with van der Waals surface area (Å²) in [7, 11) is 0. The average molecular weight is 352 g/mol. The summed E-state index contributed by atoms with van der Waals surface area (Å²) in [5.41, 5.74) is 7.11. The fraction of sp³-hybridized carbons (Fsp3) is 0.286. The van der Waals surface area contributed by atoms with E-state index in [0.29, 0.717) is 0 Å². The lowest BCUT2D eigenvalue weighted by molar-refractivity contribution is 0.780. The lowest BCUT2D eigenvalue weighted by atomic mass is 10.00. The first-order valence-electron chi connectivity index (χ1n) is 8.82. The number of anilines is 1. The Morgan fingerprint density at radius 2 is 1.84 bits per heavy atom. The van der Waals surface area contributed by atoms with Gasteiger partial charge in [0, 0.05) is 22.7 Å². The minimum Gasteiger partial charge on any atom is -0.370 e. The number of fused-ring (bicyclic) bond motifs is 1. The Labute approximate surface area is 153 Å². The zero-order chi connectivity index (χ0) is 17.4. The second-order valence-electron chi connectivity index (χ2n) is 6.83. The SMILES string of the molecule is Cc1cc(C)cc(-c2nn(-c3cccc(Cl)c3)c3c2CCCCN3)c1. The summed E-state index contributed by atoms with van der Waals surface area (Å²) in [6.45, 7) is 5.26. The fourth-order valence-electron chi connectivity index (χ4n) is 3.64. The van der Waals surface area contributed by atoms with E-state index >= 15 is 0 Å². The maximum absolute atomic E-state index is 6.21. The monoisotopic (exact) mass is 351 g/mol. The van der Waals surface area contributed by atoms with Crippen molar-refractivity contribution in [2.45, 2.75) is 33.1 Å². The Balaban J connectivity index is 1.93. The van der Waals surface area contributed by atoms with Crippen LogP contribution in [0.3, 0.4) is 0 Å². The van der Waals surface area contributed by atoms with Gasteiger partial charge in [-0.3, -0.25) is 0 Å². The van der Waals surface area contributed by atoms with Crippen LogP contribution in [0.25, 0.3) is 16.9 Å². The highest BCUT2D eigenvalue weighted by atomic mass is 35.5. The Kier molecular flexibility index (Phi) is 4.26. The van der Waals surface area contributed by atoms with Gasteiger partial charge in [-0.05, 0) is 63.4 Å². The molecule has 3 nitrogen and oxygen atoms in total. The van der Waals surface area contributed by atoms with Gasteiger partial charge in [0.1, 0.15) is 5.82 Å². The van der Waals surface area contributed by atoms with Crippen LogP contribution in [0.5, 0.6) is 0 Å². The number of nitrogens with zero attached hydrogens (tertiary/aromatic N) is 2. The molecule has 128 valence electrons. The molecule has 0 saturated heterocycles. The number of nitrogens with one attached hydrogen (secondary N) is 1. The topological polar surface area (TPSA) is 29.9 Å². The molecular formula is C21H22ClN3. The van der Waals surface area contributed by atoms with Gasteiger partial charge in [0.05, 0.1) is 11.4 Å². The van der Waals surface area contributed by atoms with E-state index in [1.165, 1.54) is 35.1 Å². The highest BCUT2D eigenvalue weighted by Gasteiger charge is 2.22. The summed E-state index contributed by atoms with van der Waals surface area (Å²) in [6, 6.07) is 14.5. The molecule has 0 saturated carbocycles. The van der Waals surface area contributed by atoms with Gasteiger partial charge in [-0.2, -0.15) is 5.10 Å². The number of rotatable bonds is 2. The minimum atomic E-state index is 0.725. The van der Waals surface area contributed by atoms with E-state index < -0.39 is 0 Å². The normalized spacial score (nSPS) is 13.9. The number of aromatic nitrogens is 2. The minimum absolute atomic E-state index is 0.725. The maximum atomic E-state index is 6.21. The molecule has 25 heavy (non-hydrogen) atoms. The van der Waals surface area contributed by atoms with Gasteiger partial charge in [0.25, 0.3) is 0 Å². The van der Waals surface area contributed by atoms with E-state index in [0.717, 1.165) is 35.2 Å². The Morgan fingerprint density at radius 3 is 2.60 bits per heavy atom. The highest BCUT2D eigenvalue weighted by molar-refractivity contribution is 6.30. The van der Waals surface area contributed by atoms with Crippen molar-refractivity contribution < 1.29 is 0 Å². The van der Waals surface area contributed by atoms with Crippen molar-refractivity contribution in [3.8, 4) is 16.9 Å². The Morgan fingerprint density at radius 1 is 1.04 bits per heavy atom. The predicted octanol–water partition coefficient (Wildman–Crippen LogP) is 5.56. The molecule has 1 aromatic heterocycles. The van der Waals surface area contributed by atoms with Gasteiger partial charge in [-0.15, -0.1) is 0 Å². The van der Waals surface area contributed by atoms with Crippen LogP contribution in [0.1, 0.15) is 29.5 Å². The molecular weight excluding hydrogens is 330 g/mol. The van der Waals surface area contributed by atoms with Crippen LogP contribution in [-0.2, 0) is 6.42 Å². The van der Waals surface area contributed by atoms with Crippen LogP contribution < -0.4 is 5.32 Å². The molecule has 2 heterocycles. The lowest BCUT2D eigenvalue weighted by Crippen LogP contribution is -2.07. The first-order valence-corrected chi connectivity index (χ1v) is 9.20. The lowest BCUT2D eigenvalue weighted by Gasteiger charge is -2.09. The summed E-state index contributed by atoms with van der Waals surface area (Å²) in [5, 5.41) is 9.31. The summed E-state index contributed by atoms with van der Waals surface area (Å²) in [6.07, 6.45) is 3.40. The first kappa shape index (κ1) is 16.2. The Bertz CT molecular complexity index is 907. The van der Waals surface area contributed by atoms with Crippen LogP contribution in [0.15, 0.2) is 42.5 Å². The van der Waals surface area contributed by atoms with Crippen molar-refractivity contribution in [3.63, 3.8) is 0 Å². The molecule has 1 aliphatic heterocycles. The molecule has 0 bridgehead atoms. The molecule has 0 aliphatic carbocycles. The smallest absolute Gasteiger partial charge is 0.133 e. The highest BCUT2D eigenvalue weighted by Crippen LogP contribution is 2.35. The second-order valence-corrected chi connectivity index (χ2v) is 7.26.